The lowest BCUT2D eigenvalue weighted by molar-refractivity contribution is -0.114. The summed E-state index contributed by atoms with van der Waals surface area (Å²) in [7, 11) is 1.51. The van der Waals surface area contributed by atoms with Crippen molar-refractivity contribution in [3.05, 3.63) is 61.2 Å². The Morgan fingerprint density at radius 2 is 1.94 bits per heavy atom. The first-order chi connectivity index (χ1) is 15.0. The molecule has 2 amide bonds. The van der Waals surface area contributed by atoms with Crippen molar-refractivity contribution in [1.82, 2.24) is 14.8 Å². The molecule has 2 N–H and O–H groups in total. The number of hydrogen-bond donors (Lipinski definition) is 2. The van der Waals surface area contributed by atoms with E-state index in [1.807, 2.05) is 34.9 Å². The van der Waals surface area contributed by atoms with Gasteiger partial charge in [-0.2, -0.15) is 0 Å². The predicted octanol–water partition coefficient (Wildman–Crippen LogP) is 3.83. The maximum atomic E-state index is 12.6. The van der Waals surface area contributed by atoms with Crippen LogP contribution in [0.3, 0.4) is 0 Å². The quantitative estimate of drug-likeness (QED) is 0.390. The van der Waals surface area contributed by atoms with Crippen molar-refractivity contribution >= 4 is 35.0 Å². The number of carbonyl (C=O) groups is 2. The Morgan fingerprint density at radius 3 is 2.61 bits per heavy atom. The largest absolute Gasteiger partial charge is 0.495 e. The minimum atomic E-state index is -0.238. The zero-order valence-electron chi connectivity index (χ0n) is 17.3. The molecule has 3 aromatic rings. The molecule has 0 fully saturated rings. The van der Waals surface area contributed by atoms with Crippen LogP contribution in [0.15, 0.2) is 66.3 Å². The molecule has 2 aromatic carbocycles. The van der Waals surface area contributed by atoms with Gasteiger partial charge in [-0.3, -0.25) is 14.2 Å². The molecule has 0 aliphatic carbocycles. The van der Waals surface area contributed by atoms with Crippen LogP contribution < -0.4 is 15.4 Å². The monoisotopic (exact) mass is 437 g/mol. The molecule has 3 rings (SSSR count). The van der Waals surface area contributed by atoms with Gasteiger partial charge in [0.2, 0.25) is 11.8 Å². The second-order valence-corrected chi connectivity index (χ2v) is 7.45. The van der Waals surface area contributed by atoms with E-state index in [0.29, 0.717) is 34.6 Å². The van der Waals surface area contributed by atoms with Gasteiger partial charge < -0.3 is 15.4 Å². The summed E-state index contributed by atoms with van der Waals surface area (Å²) in [6.07, 6.45) is 1.76. The second kappa shape index (κ2) is 10.4. The topological polar surface area (TPSA) is 98.1 Å². The molecule has 0 spiro atoms. The van der Waals surface area contributed by atoms with Gasteiger partial charge >= 0.3 is 0 Å². The van der Waals surface area contributed by atoms with Crippen LogP contribution >= 0.6 is 11.8 Å². The molecular weight excluding hydrogens is 414 g/mol. The Balaban J connectivity index is 1.72. The van der Waals surface area contributed by atoms with Crippen molar-refractivity contribution < 1.29 is 14.3 Å². The Hall–Kier alpha value is -3.59. The van der Waals surface area contributed by atoms with Crippen molar-refractivity contribution in [3.8, 4) is 17.1 Å². The Bertz CT molecular complexity index is 1080. The van der Waals surface area contributed by atoms with Gasteiger partial charge in [-0.05, 0) is 18.2 Å². The number of ether oxygens (including phenoxy) is 1. The van der Waals surface area contributed by atoms with Crippen LogP contribution in [0, 0.1) is 0 Å². The Morgan fingerprint density at radius 1 is 1.16 bits per heavy atom. The molecule has 0 aliphatic heterocycles. The number of thioether (sulfide) groups is 1. The van der Waals surface area contributed by atoms with E-state index < -0.39 is 0 Å². The molecule has 8 nitrogen and oxygen atoms in total. The summed E-state index contributed by atoms with van der Waals surface area (Å²) >= 11 is 1.28. The number of amides is 2. The van der Waals surface area contributed by atoms with E-state index in [-0.39, 0.29) is 17.6 Å². The molecule has 0 saturated heterocycles. The number of methoxy groups -OCH3 is 1. The number of benzene rings is 2. The van der Waals surface area contributed by atoms with Crippen LogP contribution in [-0.2, 0) is 16.1 Å². The van der Waals surface area contributed by atoms with E-state index in [2.05, 4.69) is 27.4 Å². The number of nitrogens with zero attached hydrogens (tertiary/aromatic N) is 3. The minimum Gasteiger partial charge on any atom is -0.495 e. The lowest BCUT2D eigenvalue weighted by atomic mass is 10.2. The highest BCUT2D eigenvalue weighted by atomic mass is 32.2. The molecule has 0 aliphatic rings. The molecule has 31 heavy (non-hydrogen) atoms. The van der Waals surface area contributed by atoms with Crippen molar-refractivity contribution in [2.24, 2.45) is 0 Å². The van der Waals surface area contributed by atoms with E-state index in [0.717, 1.165) is 5.56 Å². The third-order valence-corrected chi connectivity index (χ3v) is 5.15. The highest BCUT2D eigenvalue weighted by Crippen LogP contribution is 2.29. The summed E-state index contributed by atoms with van der Waals surface area (Å²) < 4.78 is 7.22. The predicted molar refractivity (Wildman–Crippen MR) is 122 cm³/mol. The van der Waals surface area contributed by atoms with Crippen LogP contribution in [0.25, 0.3) is 11.4 Å². The number of nitrogens with one attached hydrogen (secondary N) is 2. The second-order valence-electron chi connectivity index (χ2n) is 6.50. The summed E-state index contributed by atoms with van der Waals surface area (Å²) in [5, 5.41) is 14.7. The van der Waals surface area contributed by atoms with E-state index in [1.54, 1.807) is 24.3 Å². The summed E-state index contributed by atoms with van der Waals surface area (Å²) in [5.41, 5.74) is 1.97. The number of carbonyl (C=O) groups excluding carboxylic acids is 2. The average Bonchev–Trinajstić information content (AvgIpc) is 3.15. The fraction of sp³-hybridized carbons (Fsp3) is 0.182. The molecule has 0 atom stereocenters. The Labute approximate surface area is 184 Å². The molecule has 1 heterocycles. The lowest BCUT2D eigenvalue weighted by Crippen LogP contribution is -2.16. The van der Waals surface area contributed by atoms with Crippen molar-refractivity contribution in [1.29, 1.82) is 0 Å². The van der Waals surface area contributed by atoms with Gasteiger partial charge in [-0.15, -0.1) is 16.8 Å². The fourth-order valence-corrected chi connectivity index (χ4v) is 3.64. The summed E-state index contributed by atoms with van der Waals surface area (Å²) in [4.78, 5) is 23.9. The normalized spacial score (nSPS) is 10.4. The summed E-state index contributed by atoms with van der Waals surface area (Å²) in [5.74, 6) is 0.894. The number of anilines is 2. The zero-order chi connectivity index (χ0) is 22.2. The first kappa shape index (κ1) is 22.1. The standard InChI is InChI=1S/C22H23N5O3S/c1-4-12-27-21(16-8-6-5-7-9-16)25-26-22(27)31-14-20(29)24-18-13-17(23-15(2)28)10-11-19(18)30-3/h4-11,13H,1,12,14H2,2-3H3,(H,23,28)(H,24,29). The molecule has 0 bridgehead atoms. The van der Waals surface area contributed by atoms with Gasteiger partial charge in [-0.1, -0.05) is 48.2 Å². The number of hydrogen-bond acceptors (Lipinski definition) is 6. The van der Waals surface area contributed by atoms with Gasteiger partial charge in [0.25, 0.3) is 0 Å². The molecule has 1 aromatic heterocycles. The zero-order valence-corrected chi connectivity index (χ0v) is 18.1. The molecule has 0 unspecified atom stereocenters. The number of allylic oxidation sites excluding steroid dienone is 1. The molecule has 0 saturated carbocycles. The minimum absolute atomic E-state index is 0.123. The van der Waals surface area contributed by atoms with Crippen molar-refractivity contribution in [2.45, 2.75) is 18.6 Å². The van der Waals surface area contributed by atoms with E-state index in [4.69, 9.17) is 4.74 Å². The van der Waals surface area contributed by atoms with Crippen LogP contribution in [0.5, 0.6) is 5.75 Å². The smallest absolute Gasteiger partial charge is 0.234 e. The van der Waals surface area contributed by atoms with Crippen molar-refractivity contribution in [2.75, 3.05) is 23.5 Å². The highest BCUT2D eigenvalue weighted by Gasteiger charge is 2.16. The van der Waals surface area contributed by atoms with E-state index >= 15 is 0 Å². The van der Waals surface area contributed by atoms with Crippen LogP contribution in [0.4, 0.5) is 11.4 Å². The summed E-state index contributed by atoms with van der Waals surface area (Å²) in [6.45, 7) is 5.74. The lowest BCUT2D eigenvalue weighted by Gasteiger charge is -2.12. The van der Waals surface area contributed by atoms with Gasteiger partial charge in [-0.25, -0.2) is 0 Å². The number of aromatic nitrogens is 3. The first-order valence-corrected chi connectivity index (χ1v) is 10.5. The third-order valence-electron chi connectivity index (χ3n) is 4.19. The third kappa shape index (κ3) is 5.73. The van der Waals surface area contributed by atoms with Crippen LogP contribution in [-0.4, -0.2) is 39.4 Å². The van der Waals surface area contributed by atoms with Gasteiger partial charge in [0.1, 0.15) is 5.75 Å². The van der Waals surface area contributed by atoms with Gasteiger partial charge in [0.05, 0.1) is 18.6 Å². The number of rotatable bonds is 9. The van der Waals surface area contributed by atoms with Gasteiger partial charge in [0.15, 0.2) is 11.0 Å². The van der Waals surface area contributed by atoms with Crippen LogP contribution in [0.1, 0.15) is 6.92 Å². The fourth-order valence-electron chi connectivity index (χ4n) is 2.89. The van der Waals surface area contributed by atoms with Crippen LogP contribution in [0.2, 0.25) is 0 Å². The molecule has 9 heteroatoms. The molecule has 160 valence electrons. The van der Waals surface area contributed by atoms with E-state index in [1.165, 1.54) is 25.8 Å². The molecule has 0 radical (unpaired) electrons. The highest BCUT2D eigenvalue weighted by molar-refractivity contribution is 7.99. The van der Waals surface area contributed by atoms with Gasteiger partial charge in [0, 0.05) is 24.7 Å². The maximum absolute atomic E-state index is 12.6. The summed E-state index contributed by atoms with van der Waals surface area (Å²) in [6, 6.07) is 14.8. The average molecular weight is 438 g/mol. The first-order valence-electron chi connectivity index (χ1n) is 9.49. The maximum Gasteiger partial charge on any atom is 0.234 e. The van der Waals surface area contributed by atoms with E-state index in [9.17, 15) is 9.59 Å². The SMILES string of the molecule is C=CCn1c(SCC(=O)Nc2cc(NC(C)=O)ccc2OC)nnc1-c1ccccc1. The van der Waals surface area contributed by atoms with Crippen molar-refractivity contribution in [3.63, 3.8) is 0 Å². The Kier molecular flexibility index (Phi) is 7.45. The molecular formula is C22H23N5O3S.